The van der Waals surface area contributed by atoms with Crippen LogP contribution >= 0.6 is 0 Å². The van der Waals surface area contributed by atoms with Crippen molar-refractivity contribution in [3.05, 3.63) is 83.3 Å². The summed E-state index contributed by atoms with van der Waals surface area (Å²) in [6, 6.07) is 18.2. The van der Waals surface area contributed by atoms with Gasteiger partial charge in [-0.05, 0) is 34.5 Å². The van der Waals surface area contributed by atoms with Crippen LogP contribution in [0.1, 0.15) is 21.6 Å². The smallest absolute Gasteiger partial charge is 0.352 e. The topological polar surface area (TPSA) is 68.2 Å². The SMILES string of the molecule is NCc1c(C(=O)O)n(Cc2cccc3ccccc23)c2ccc(F)cc12. The van der Waals surface area contributed by atoms with Crippen molar-refractivity contribution in [3.63, 3.8) is 0 Å². The van der Waals surface area contributed by atoms with Crippen LogP contribution in [0, 0.1) is 5.82 Å². The lowest BCUT2D eigenvalue weighted by atomic mass is 10.0. The van der Waals surface area contributed by atoms with E-state index in [-0.39, 0.29) is 12.2 Å². The number of nitrogens with two attached hydrogens (primary N) is 1. The Labute approximate surface area is 149 Å². The first-order valence-corrected chi connectivity index (χ1v) is 8.30. The van der Waals surface area contributed by atoms with E-state index in [1.807, 2.05) is 42.5 Å². The monoisotopic (exact) mass is 348 g/mol. The van der Waals surface area contributed by atoms with Gasteiger partial charge in [0.25, 0.3) is 0 Å². The molecule has 1 aromatic heterocycles. The van der Waals surface area contributed by atoms with Crippen LogP contribution in [-0.2, 0) is 13.1 Å². The second kappa shape index (κ2) is 6.28. The Bertz CT molecular complexity index is 1140. The summed E-state index contributed by atoms with van der Waals surface area (Å²) in [4.78, 5) is 11.9. The van der Waals surface area contributed by atoms with Gasteiger partial charge in [-0.2, -0.15) is 0 Å². The largest absolute Gasteiger partial charge is 0.477 e. The fourth-order valence-electron chi connectivity index (χ4n) is 3.61. The molecule has 0 amide bonds. The van der Waals surface area contributed by atoms with Crippen molar-refractivity contribution in [1.82, 2.24) is 4.57 Å². The molecule has 0 fully saturated rings. The molecule has 0 saturated heterocycles. The molecule has 0 aliphatic rings. The predicted molar refractivity (Wildman–Crippen MR) is 99.8 cm³/mol. The Morgan fingerprint density at radius 1 is 1.04 bits per heavy atom. The summed E-state index contributed by atoms with van der Waals surface area (Å²) in [6.45, 7) is 0.398. The minimum atomic E-state index is -1.07. The standard InChI is InChI=1S/C21H17FN2O2/c22-15-8-9-19-17(10-15)18(11-23)20(21(25)26)24(19)12-14-6-3-5-13-4-1-2-7-16(13)14/h1-10H,11-12,23H2,(H,25,26). The second-order valence-electron chi connectivity index (χ2n) is 6.22. The van der Waals surface area contributed by atoms with Crippen LogP contribution < -0.4 is 5.73 Å². The number of fused-ring (bicyclic) bond motifs is 2. The van der Waals surface area contributed by atoms with Gasteiger partial charge in [-0.15, -0.1) is 0 Å². The quantitative estimate of drug-likeness (QED) is 0.582. The van der Waals surface area contributed by atoms with Crippen LogP contribution in [0.2, 0.25) is 0 Å². The van der Waals surface area contributed by atoms with Gasteiger partial charge >= 0.3 is 5.97 Å². The van der Waals surface area contributed by atoms with Crippen molar-refractivity contribution >= 4 is 27.6 Å². The van der Waals surface area contributed by atoms with E-state index in [1.54, 1.807) is 10.6 Å². The number of carboxylic acids is 1. The first-order chi connectivity index (χ1) is 12.6. The molecule has 0 atom stereocenters. The zero-order chi connectivity index (χ0) is 18.3. The van der Waals surface area contributed by atoms with Crippen molar-refractivity contribution < 1.29 is 14.3 Å². The number of aromatic carboxylic acids is 1. The summed E-state index contributed by atoms with van der Waals surface area (Å²) < 4.78 is 15.4. The molecule has 0 aliphatic carbocycles. The molecule has 0 radical (unpaired) electrons. The van der Waals surface area contributed by atoms with Crippen LogP contribution in [0.3, 0.4) is 0 Å². The fraction of sp³-hybridized carbons (Fsp3) is 0.0952. The van der Waals surface area contributed by atoms with E-state index in [0.29, 0.717) is 23.0 Å². The molecule has 0 bridgehead atoms. The molecular formula is C21H17FN2O2. The zero-order valence-electron chi connectivity index (χ0n) is 13.9. The Morgan fingerprint density at radius 2 is 1.81 bits per heavy atom. The lowest BCUT2D eigenvalue weighted by Gasteiger charge is -2.12. The van der Waals surface area contributed by atoms with Gasteiger partial charge in [0.1, 0.15) is 11.5 Å². The molecule has 3 N–H and O–H groups in total. The van der Waals surface area contributed by atoms with Gasteiger partial charge < -0.3 is 15.4 Å². The molecule has 0 aliphatic heterocycles. The fourth-order valence-corrected chi connectivity index (χ4v) is 3.61. The average Bonchev–Trinajstić information content (AvgIpc) is 2.95. The van der Waals surface area contributed by atoms with Gasteiger partial charge in [0.05, 0.1) is 0 Å². The summed E-state index contributed by atoms with van der Waals surface area (Å²) in [5.41, 5.74) is 8.03. The number of carbonyl (C=O) groups is 1. The van der Waals surface area contributed by atoms with E-state index in [1.165, 1.54) is 12.1 Å². The minimum Gasteiger partial charge on any atom is -0.477 e. The molecule has 1 heterocycles. The molecule has 4 nitrogen and oxygen atoms in total. The van der Waals surface area contributed by atoms with E-state index >= 15 is 0 Å². The number of carboxylic acid groups (broad SMARTS) is 1. The molecule has 0 unspecified atom stereocenters. The number of hydrogen-bond donors (Lipinski definition) is 2. The van der Waals surface area contributed by atoms with Crippen molar-refractivity contribution in [2.24, 2.45) is 5.73 Å². The summed E-state index contributed by atoms with van der Waals surface area (Å²) in [5, 5.41) is 12.5. The van der Waals surface area contributed by atoms with Crippen molar-refractivity contribution in [2.75, 3.05) is 0 Å². The first-order valence-electron chi connectivity index (χ1n) is 8.30. The molecule has 4 rings (SSSR count). The molecule has 0 saturated carbocycles. The third-order valence-corrected chi connectivity index (χ3v) is 4.75. The third kappa shape index (κ3) is 2.53. The first kappa shape index (κ1) is 16.3. The number of nitrogens with zero attached hydrogens (tertiary/aromatic N) is 1. The molecule has 0 spiro atoms. The van der Waals surface area contributed by atoms with Gasteiger partial charge in [0, 0.05) is 29.6 Å². The van der Waals surface area contributed by atoms with Crippen LogP contribution in [-0.4, -0.2) is 15.6 Å². The Hall–Kier alpha value is -3.18. The number of benzene rings is 3. The minimum absolute atomic E-state index is 0.0319. The van der Waals surface area contributed by atoms with E-state index in [0.717, 1.165) is 16.3 Å². The zero-order valence-corrected chi connectivity index (χ0v) is 13.9. The predicted octanol–water partition coefficient (Wildman–Crippen LogP) is 4.14. The number of aromatic nitrogens is 1. The maximum Gasteiger partial charge on any atom is 0.352 e. The molecule has 26 heavy (non-hydrogen) atoms. The summed E-state index contributed by atoms with van der Waals surface area (Å²) in [7, 11) is 0. The Balaban J connectivity index is 1.99. The summed E-state index contributed by atoms with van der Waals surface area (Å²) in [6.07, 6.45) is 0. The average molecular weight is 348 g/mol. The van der Waals surface area contributed by atoms with Gasteiger partial charge in [-0.1, -0.05) is 42.5 Å². The molecule has 4 aromatic rings. The number of halogens is 1. The number of rotatable bonds is 4. The van der Waals surface area contributed by atoms with Crippen molar-refractivity contribution in [3.8, 4) is 0 Å². The number of hydrogen-bond acceptors (Lipinski definition) is 2. The normalized spacial score (nSPS) is 11.3. The van der Waals surface area contributed by atoms with Gasteiger partial charge in [0.2, 0.25) is 0 Å². The van der Waals surface area contributed by atoms with E-state index in [4.69, 9.17) is 5.73 Å². The highest BCUT2D eigenvalue weighted by Gasteiger charge is 2.22. The van der Waals surface area contributed by atoms with Crippen molar-refractivity contribution in [1.29, 1.82) is 0 Å². The molecule has 5 heteroatoms. The summed E-state index contributed by atoms with van der Waals surface area (Å²) in [5.74, 6) is -1.48. The van der Waals surface area contributed by atoms with Gasteiger partial charge in [-0.3, -0.25) is 0 Å². The highest BCUT2D eigenvalue weighted by molar-refractivity contribution is 5.98. The van der Waals surface area contributed by atoms with E-state index in [2.05, 4.69) is 0 Å². The Kier molecular flexibility index (Phi) is 3.93. The van der Waals surface area contributed by atoms with Crippen LogP contribution in [0.5, 0.6) is 0 Å². The van der Waals surface area contributed by atoms with E-state index in [9.17, 15) is 14.3 Å². The lowest BCUT2D eigenvalue weighted by molar-refractivity contribution is 0.0685. The summed E-state index contributed by atoms with van der Waals surface area (Å²) >= 11 is 0. The van der Waals surface area contributed by atoms with Gasteiger partial charge in [-0.25, -0.2) is 9.18 Å². The lowest BCUT2D eigenvalue weighted by Crippen LogP contribution is -2.13. The second-order valence-corrected chi connectivity index (χ2v) is 6.22. The maximum atomic E-state index is 13.7. The third-order valence-electron chi connectivity index (χ3n) is 4.75. The highest BCUT2D eigenvalue weighted by Crippen LogP contribution is 2.29. The highest BCUT2D eigenvalue weighted by atomic mass is 19.1. The van der Waals surface area contributed by atoms with Crippen LogP contribution in [0.15, 0.2) is 60.7 Å². The van der Waals surface area contributed by atoms with Gasteiger partial charge in [0.15, 0.2) is 0 Å². The molecule has 3 aromatic carbocycles. The van der Waals surface area contributed by atoms with Crippen LogP contribution in [0.25, 0.3) is 21.7 Å². The van der Waals surface area contributed by atoms with Crippen molar-refractivity contribution in [2.45, 2.75) is 13.1 Å². The maximum absolute atomic E-state index is 13.7. The molecular weight excluding hydrogens is 331 g/mol. The van der Waals surface area contributed by atoms with E-state index < -0.39 is 11.8 Å². The van der Waals surface area contributed by atoms with Crippen LogP contribution in [0.4, 0.5) is 4.39 Å². The Morgan fingerprint density at radius 3 is 2.58 bits per heavy atom. The molecule has 130 valence electrons.